The minimum Gasteiger partial charge on any atom is -0.380 e. The first kappa shape index (κ1) is 9.66. The predicted octanol–water partition coefficient (Wildman–Crippen LogP) is 1.32. The van der Waals surface area contributed by atoms with E-state index in [9.17, 15) is 0 Å². The van der Waals surface area contributed by atoms with Crippen molar-refractivity contribution < 1.29 is 4.74 Å². The smallest absolute Gasteiger partial charge is 0.0588 e. The van der Waals surface area contributed by atoms with Crippen LogP contribution in [0.1, 0.15) is 19.3 Å². The minimum absolute atomic E-state index is 0.626. The Morgan fingerprint density at radius 3 is 2.70 bits per heavy atom. The van der Waals surface area contributed by atoms with Crippen LogP contribution in [-0.2, 0) is 4.74 Å². The van der Waals surface area contributed by atoms with Gasteiger partial charge in [-0.3, -0.25) is 0 Å². The van der Waals surface area contributed by atoms with Crippen LogP contribution in [0.5, 0.6) is 0 Å². The Bertz CT molecular complexity index is 73.7. The standard InChI is InChI=1S/C8H17NO/c1-2-3-4-5-7-10-8-6-9/h2H,1,3-9H2. The van der Waals surface area contributed by atoms with Crippen molar-refractivity contribution in [3.8, 4) is 0 Å². The summed E-state index contributed by atoms with van der Waals surface area (Å²) in [6.45, 7) is 5.79. The van der Waals surface area contributed by atoms with E-state index in [2.05, 4.69) is 6.58 Å². The van der Waals surface area contributed by atoms with E-state index in [0.29, 0.717) is 13.2 Å². The third-order valence-electron chi connectivity index (χ3n) is 1.21. The largest absolute Gasteiger partial charge is 0.380 e. The molecule has 0 aliphatic carbocycles. The molecule has 0 aromatic carbocycles. The Hall–Kier alpha value is -0.340. The van der Waals surface area contributed by atoms with Gasteiger partial charge in [0.05, 0.1) is 6.61 Å². The fraction of sp³-hybridized carbons (Fsp3) is 0.750. The summed E-state index contributed by atoms with van der Waals surface area (Å²) in [4.78, 5) is 0. The molecule has 0 aromatic rings. The average molecular weight is 143 g/mol. The summed E-state index contributed by atoms with van der Waals surface area (Å²) >= 11 is 0. The first-order valence-corrected chi connectivity index (χ1v) is 3.80. The van der Waals surface area contributed by atoms with Crippen LogP contribution >= 0.6 is 0 Å². The van der Waals surface area contributed by atoms with Gasteiger partial charge in [-0.25, -0.2) is 0 Å². The Morgan fingerprint density at radius 1 is 1.30 bits per heavy atom. The van der Waals surface area contributed by atoms with Crippen molar-refractivity contribution in [3.63, 3.8) is 0 Å². The second kappa shape index (κ2) is 8.66. The second-order valence-corrected chi connectivity index (χ2v) is 2.19. The maximum Gasteiger partial charge on any atom is 0.0588 e. The summed E-state index contributed by atoms with van der Waals surface area (Å²) in [6, 6.07) is 0. The molecule has 2 heteroatoms. The van der Waals surface area contributed by atoms with Gasteiger partial charge in [0, 0.05) is 13.2 Å². The highest BCUT2D eigenvalue weighted by molar-refractivity contribution is 4.65. The molecule has 0 amide bonds. The molecule has 0 spiro atoms. The molecule has 0 atom stereocenters. The van der Waals surface area contributed by atoms with Crippen molar-refractivity contribution >= 4 is 0 Å². The van der Waals surface area contributed by atoms with Gasteiger partial charge in [-0.15, -0.1) is 6.58 Å². The van der Waals surface area contributed by atoms with Crippen molar-refractivity contribution in [1.29, 1.82) is 0 Å². The Morgan fingerprint density at radius 2 is 2.10 bits per heavy atom. The highest BCUT2D eigenvalue weighted by Gasteiger charge is 1.85. The minimum atomic E-state index is 0.626. The van der Waals surface area contributed by atoms with Gasteiger partial charge in [-0.1, -0.05) is 6.08 Å². The second-order valence-electron chi connectivity index (χ2n) is 2.19. The number of ether oxygens (including phenoxy) is 1. The lowest BCUT2D eigenvalue weighted by Gasteiger charge is -1.99. The van der Waals surface area contributed by atoms with E-state index in [1.807, 2.05) is 6.08 Å². The number of hydrogen-bond donors (Lipinski definition) is 1. The van der Waals surface area contributed by atoms with Crippen LogP contribution in [0.15, 0.2) is 12.7 Å². The lowest BCUT2D eigenvalue weighted by atomic mass is 10.2. The van der Waals surface area contributed by atoms with Gasteiger partial charge < -0.3 is 10.5 Å². The van der Waals surface area contributed by atoms with Crippen molar-refractivity contribution in [1.82, 2.24) is 0 Å². The zero-order chi connectivity index (χ0) is 7.66. The van der Waals surface area contributed by atoms with Crippen LogP contribution in [-0.4, -0.2) is 19.8 Å². The summed E-state index contributed by atoms with van der Waals surface area (Å²) in [5.41, 5.74) is 5.23. The fourth-order valence-corrected chi connectivity index (χ4v) is 0.678. The summed E-state index contributed by atoms with van der Waals surface area (Å²) in [5, 5.41) is 0. The van der Waals surface area contributed by atoms with E-state index in [1.165, 1.54) is 6.42 Å². The van der Waals surface area contributed by atoms with Gasteiger partial charge in [-0.2, -0.15) is 0 Å². The summed E-state index contributed by atoms with van der Waals surface area (Å²) in [6.07, 6.45) is 5.31. The van der Waals surface area contributed by atoms with Gasteiger partial charge >= 0.3 is 0 Å². The van der Waals surface area contributed by atoms with Crippen LogP contribution in [0.3, 0.4) is 0 Å². The normalized spacial score (nSPS) is 9.70. The van der Waals surface area contributed by atoms with Crippen molar-refractivity contribution in [2.24, 2.45) is 5.73 Å². The lowest BCUT2D eigenvalue weighted by Crippen LogP contribution is -2.08. The van der Waals surface area contributed by atoms with E-state index in [0.717, 1.165) is 19.4 Å². The molecule has 0 unspecified atom stereocenters. The molecule has 10 heavy (non-hydrogen) atoms. The number of nitrogens with two attached hydrogens (primary N) is 1. The first-order chi connectivity index (χ1) is 4.91. The molecule has 2 N–H and O–H groups in total. The highest BCUT2D eigenvalue weighted by atomic mass is 16.5. The van der Waals surface area contributed by atoms with Gasteiger partial charge in [0.1, 0.15) is 0 Å². The zero-order valence-corrected chi connectivity index (χ0v) is 6.51. The summed E-state index contributed by atoms with van der Waals surface area (Å²) in [7, 11) is 0. The highest BCUT2D eigenvalue weighted by Crippen LogP contribution is 1.95. The van der Waals surface area contributed by atoms with Gasteiger partial charge in [0.15, 0.2) is 0 Å². The lowest BCUT2D eigenvalue weighted by molar-refractivity contribution is 0.138. The number of hydrogen-bond acceptors (Lipinski definition) is 2. The quantitative estimate of drug-likeness (QED) is 0.431. The van der Waals surface area contributed by atoms with E-state index < -0.39 is 0 Å². The van der Waals surface area contributed by atoms with Crippen molar-refractivity contribution in [2.45, 2.75) is 19.3 Å². The van der Waals surface area contributed by atoms with Crippen LogP contribution in [0, 0.1) is 0 Å². The number of unbranched alkanes of at least 4 members (excludes halogenated alkanes) is 2. The molecule has 0 radical (unpaired) electrons. The van der Waals surface area contributed by atoms with Crippen LogP contribution < -0.4 is 5.73 Å². The molecule has 0 bridgehead atoms. The topological polar surface area (TPSA) is 35.2 Å². The van der Waals surface area contributed by atoms with E-state index in [1.54, 1.807) is 0 Å². The summed E-state index contributed by atoms with van der Waals surface area (Å²) < 4.78 is 5.17. The molecule has 2 nitrogen and oxygen atoms in total. The third kappa shape index (κ3) is 7.66. The predicted molar refractivity (Wildman–Crippen MR) is 43.9 cm³/mol. The fourth-order valence-electron chi connectivity index (χ4n) is 0.678. The van der Waals surface area contributed by atoms with E-state index in [4.69, 9.17) is 10.5 Å². The van der Waals surface area contributed by atoms with Crippen LogP contribution in [0.2, 0.25) is 0 Å². The number of allylic oxidation sites excluding steroid dienone is 1. The van der Waals surface area contributed by atoms with Gasteiger partial charge in [0.2, 0.25) is 0 Å². The maximum atomic E-state index is 5.23. The molecule has 60 valence electrons. The molecule has 0 fully saturated rings. The van der Waals surface area contributed by atoms with E-state index >= 15 is 0 Å². The van der Waals surface area contributed by atoms with Gasteiger partial charge in [-0.05, 0) is 19.3 Å². The summed E-state index contributed by atoms with van der Waals surface area (Å²) in [5.74, 6) is 0. The molecule has 0 aromatic heterocycles. The molecular weight excluding hydrogens is 126 g/mol. The SMILES string of the molecule is C=CCCCCOCCN. The Labute approximate surface area is 63.1 Å². The molecule has 0 saturated carbocycles. The number of rotatable bonds is 7. The zero-order valence-electron chi connectivity index (χ0n) is 6.51. The van der Waals surface area contributed by atoms with Crippen molar-refractivity contribution in [2.75, 3.05) is 19.8 Å². The average Bonchev–Trinajstić information content (AvgIpc) is 1.97. The Kier molecular flexibility index (Phi) is 8.37. The van der Waals surface area contributed by atoms with Crippen LogP contribution in [0.25, 0.3) is 0 Å². The third-order valence-corrected chi connectivity index (χ3v) is 1.21. The monoisotopic (exact) mass is 143 g/mol. The van der Waals surface area contributed by atoms with Crippen molar-refractivity contribution in [3.05, 3.63) is 12.7 Å². The molecular formula is C8H17NO. The molecule has 0 aliphatic rings. The first-order valence-electron chi connectivity index (χ1n) is 3.80. The van der Waals surface area contributed by atoms with E-state index in [-0.39, 0.29) is 0 Å². The molecule has 0 rings (SSSR count). The maximum absolute atomic E-state index is 5.23. The molecule has 0 saturated heterocycles. The van der Waals surface area contributed by atoms with Gasteiger partial charge in [0.25, 0.3) is 0 Å². The van der Waals surface area contributed by atoms with Crippen LogP contribution in [0.4, 0.5) is 0 Å². The Balaban J connectivity index is 2.70. The molecule has 0 heterocycles. The molecule has 0 aliphatic heterocycles.